The van der Waals surface area contributed by atoms with Crippen molar-refractivity contribution < 1.29 is 9.53 Å². The molecule has 2 N–H and O–H groups in total. The fraction of sp³-hybridized carbons (Fsp3) is 0.750. The van der Waals surface area contributed by atoms with Crippen molar-refractivity contribution in [3.05, 3.63) is 12.2 Å². The molecule has 0 atom stereocenters. The molecule has 6 heteroatoms. The van der Waals surface area contributed by atoms with E-state index in [0.717, 1.165) is 25.1 Å². The van der Waals surface area contributed by atoms with Crippen LogP contribution in [-0.2, 0) is 10.2 Å². The zero-order chi connectivity index (χ0) is 13.0. The number of rotatable bonds is 2. The molecule has 18 heavy (non-hydrogen) atoms. The standard InChI is InChI=1S/C12H18N4O2/c1-10(2,3)18-9(17)15-12-4-11(5-12,6-12)8-13-7-14-16-8/h7H,4-6H2,1-3H3,(H,15,17)(H,13,14,16). The lowest BCUT2D eigenvalue weighted by Crippen LogP contribution is -2.77. The summed E-state index contributed by atoms with van der Waals surface area (Å²) in [5.74, 6) is 0.940. The van der Waals surface area contributed by atoms with Crippen molar-refractivity contribution in [2.24, 2.45) is 0 Å². The second-order valence-corrected chi connectivity index (χ2v) is 6.55. The molecule has 0 aromatic carbocycles. The highest BCUT2D eigenvalue weighted by atomic mass is 16.6. The number of ether oxygens (including phenoxy) is 1. The van der Waals surface area contributed by atoms with Crippen molar-refractivity contribution >= 4 is 6.09 Å². The molecule has 3 aliphatic carbocycles. The van der Waals surface area contributed by atoms with Gasteiger partial charge in [0.2, 0.25) is 0 Å². The van der Waals surface area contributed by atoms with Crippen molar-refractivity contribution in [3.8, 4) is 0 Å². The monoisotopic (exact) mass is 250 g/mol. The van der Waals surface area contributed by atoms with E-state index in [1.54, 1.807) is 0 Å². The van der Waals surface area contributed by atoms with E-state index in [-0.39, 0.29) is 17.0 Å². The fourth-order valence-electron chi connectivity index (χ4n) is 3.15. The zero-order valence-corrected chi connectivity index (χ0v) is 10.9. The lowest BCUT2D eigenvalue weighted by molar-refractivity contribution is -0.0933. The predicted octanol–water partition coefficient (Wildman–Crippen LogP) is 1.50. The number of amides is 1. The van der Waals surface area contributed by atoms with Crippen LogP contribution >= 0.6 is 0 Å². The molecule has 0 radical (unpaired) electrons. The van der Waals surface area contributed by atoms with Crippen LogP contribution in [-0.4, -0.2) is 32.4 Å². The Morgan fingerprint density at radius 3 is 2.61 bits per heavy atom. The highest BCUT2D eigenvalue weighted by Crippen LogP contribution is 2.66. The van der Waals surface area contributed by atoms with Gasteiger partial charge in [0.05, 0.1) is 0 Å². The molecule has 6 nitrogen and oxygen atoms in total. The molecule has 3 saturated carbocycles. The molecule has 1 aromatic rings. The van der Waals surface area contributed by atoms with Crippen LogP contribution in [0, 0.1) is 0 Å². The van der Waals surface area contributed by atoms with E-state index in [2.05, 4.69) is 20.5 Å². The van der Waals surface area contributed by atoms with Crippen molar-refractivity contribution in [1.82, 2.24) is 20.5 Å². The molecule has 1 heterocycles. The van der Waals surface area contributed by atoms with Gasteiger partial charge in [-0.1, -0.05) is 0 Å². The van der Waals surface area contributed by atoms with Gasteiger partial charge in [0.25, 0.3) is 0 Å². The summed E-state index contributed by atoms with van der Waals surface area (Å²) in [5.41, 5.74) is -0.406. The number of hydrogen-bond acceptors (Lipinski definition) is 4. The summed E-state index contributed by atoms with van der Waals surface area (Å²) >= 11 is 0. The van der Waals surface area contributed by atoms with Crippen molar-refractivity contribution in [2.75, 3.05) is 0 Å². The average molecular weight is 250 g/mol. The molecule has 1 aromatic heterocycles. The normalized spacial score (nSPS) is 33.3. The van der Waals surface area contributed by atoms with E-state index in [1.165, 1.54) is 6.33 Å². The molecule has 3 aliphatic rings. The minimum atomic E-state index is -0.448. The first-order chi connectivity index (χ1) is 8.33. The smallest absolute Gasteiger partial charge is 0.408 e. The van der Waals surface area contributed by atoms with Crippen LogP contribution in [0.1, 0.15) is 45.9 Å². The van der Waals surface area contributed by atoms with Crippen LogP contribution in [0.4, 0.5) is 4.79 Å². The maximum Gasteiger partial charge on any atom is 0.408 e. The molecule has 2 bridgehead atoms. The third-order valence-electron chi connectivity index (χ3n) is 3.71. The van der Waals surface area contributed by atoms with Crippen LogP contribution in [0.15, 0.2) is 6.33 Å². The largest absolute Gasteiger partial charge is 0.444 e. The number of nitrogens with one attached hydrogen (secondary N) is 2. The van der Waals surface area contributed by atoms with E-state index in [0.29, 0.717) is 0 Å². The van der Waals surface area contributed by atoms with Gasteiger partial charge < -0.3 is 10.1 Å². The fourth-order valence-corrected chi connectivity index (χ4v) is 3.15. The maximum atomic E-state index is 11.7. The second kappa shape index (κ2) is 3.24. The molecular formula is C12H18N4O2. The lowest BCUT2D eigenvalue weighted by atomic mass is 9.39. The minimum absolute atomic E-state index is 0.0743. The summed E-state index contributed by atoms with van der Waals surface area (Å²) in [6, 6.07) is 0. The Morgan fingerprint density at radius 1 is 1.44 bits per heavy atom. The molecule has 0 spiro atoms. The van der Waals surface area contributed by atoms with Gasteiger partial charge in [-0.25, -0.2) is 9.78 Å². The number of aromatic amines is 1. The zero-order valence-electron chi connectivity index (χ0n) is 10.9. The first kappa shape index (κ1) is 11.5. The lowest BCUT2D eigenvalue weighted by Gasteiger charge is -2.69. The Bertz CT molecular complexity index is 455. The number of nitrogens with zero attached hydrogens (tertiary/aromatic N) is 2. The molecule has 0 saturated heterocycles. The Labute approximate surface area is 106 Å². The molecule has 1 amide bonds. The number of hydrogen-bond donors (Lipinski definition) is 2. The van der Waals surface area contributed by atoms with Crippen molar-refractivity contribution in [1.29, 1.82) is 0 Å². The number of carbonyl (C=O) groups is 1. The van der Waals surface area contributed by atoms with Gasteiger partial charge in [0, 0.05) is 11.0 Å². The minimum Gasteiger partial charge on any atom is -0.444 e. The van der Waals surface area contributed by atoms with Gasteiger partial charge in [-0.2, -0.15) is 5.10 Å². The Kier molecular flexibility index (Phi) is 2.07. The highest BCUT2D eigenvalue weighted by molar-refractivity contribution is 5.70. The summed E-state index contributed by atoms with van der Waals surface area (Å²) < 4.78 is 5.27. The van der Waals surface area contributed by atoms with Gasteiger partial charge in [-0.15, -0.1) is 0 Å². The summed E-state index contributed by atoms with van der Waals surface area (Å²) in [5, 5.41) is 9.78. The van der Waals surface area contributed by atoms with E-state index in [9.17, 15) is 4.79 Å². The van der Waals surface area contributed by atoms with Crippen LogP contribution in [0.25, 0.3) is 0 Å². The first-order valence-corrected chi connectivity index (χ1v) is 6.20. The van der Waals surface area contributed by atoms with E-state index >= 15 is 0 Å². The van der Waals surface area contributed by atoms with Crippen LogP contribution in [0.5, 0.6) is 0 Å². The topological polar surface area (TPSA) is 79.9 Å². The third-order valence-corrected chi connectivity index (χ3v) is 3.71. The third kappa shape index (κ3) is 1.67. The van der Waals surface area contributed by atoms with Gasteiger partial charge in [0.15, 0.2) is 0 Å². The average Bonchev–Trinajstić information content (AvgIpc) is 2.57. The Balaban J connectivity index is 1.56. The van der Waals surface area contributed by atoms with Crippen LogP contribution in [0.3, 0.4) is 0 Å². The number of alkyl carbamates (subject to hydrolysis) is 1. The Hall–Kier alpha value is -1.59. The van der Waals surface area contributed by atoms with E-state index in [1.807, 2.05) is 20.8 Å². The summed E-state index contributed by atoms with van der Waals surface area (Å²) in [6.45, 7) is 5.60. The number of aromatic nitrogens is 3. The maximum absolute atomic E-state index is 11.7. The molecule has 98 valence electrons. The van der Waals surface area contributed by atoms with E-state index in [4.69, 9.17) is 4.74 Å². The van der Waals surface area contributed by atoms with Gasteiger partial charge in [-0.05, 0) is 40.0 Å². The van der Waals surface area contributed by atoms with Gasteiger partial charge in [0.1, 0.15) is 17.8 Å². The van der Waals surface area contributed by atoms with Crippen LogP contribution < -0.4 is 5.32 Å². The molecule has 3 fully saturated rings. The van der Waals surface area contributed by atoms with Gasteiger partial charge >= 0.3 is 6.09 Å². The molecular weight excluding hydrogens is 232 g/mol. The Morgan fingerprint density at radius 2 is 2.11 bits per heavy atom. The molecule has 0 aliphatic heterocycles. The molecule has 4 rings (SSSR count). The van der Waals surface area contributed by atoms with Gasteiger partial charge in [-0.3, -0.25) is 5.10 Å². The summed E-state index contributed by atoms with van der Waals surface area (Å²) in [6.07, 6.45) is 3.98. The summed E-state index contributed by atoms with van der Waals surface area (Å²) in [7, 11) is 0. The summed E-state index contributed by atoms with van der Waals surface area (Å²) in [4.78, 5) is 15.9. The number of carbonyl (C=O) groups excluding carboxylic acids is 1. The number of H-pyrrole nitrogens is 1. The first-order valence-electron chi connectivity index (χ1n) is 6.20. The second-order valence-electron chi connectivity index (χ2n) is 6.55. The van der Waals surface area contributed by atoms with Crippen molar-refractivity contribution in [3.63, 3.8) is 0 Å². The van der Waals surface area contributed by atoms with E-state index < -0.39 is 5.60 Å². The van der Waals surface area contributed by atoms with Crippen molar-refractivity contribution in [2.45, 2.75) is 56.6 Å². The predicted molar refractivity (Wildman–Crippen MR) is 64.0 cm³/mol. The SMILES string of the molecule is CC(C)(C)OC(=O)NC12CC(c3ncn[nH]3)(C1)C2. The highest BCUT2D eigenvalue weighted by Gasteiger charge is 2.70. The molecule has 0 unspecified atom stereocenters. The quantitative estimate of drug-likeness (QED) is 0.833. The van der Waals surface area contributed by atoms with Crippen LogP contribution in [0.2, 0.25) is 0 Å².